The van der Waals surface area contributed by atoms with Crippen molar-refractivity contribution < 1.29 is 4.92 Å². The van der Waals surface area contributed by atoms with Crippen molar-refractivity contribution in [2.24, 2.45) is 10.7 Å². The Morgan fingerprint density at radius 1 is 1.12 bits per heavy atom. The van der Waals surface area contributed by atoms with E-state index in [9.17, 15) is 10.1 Å². The van der Waals surface area contributed by atoms with Crippen LogP contribution in [0.4, 0.5) is 11.4 Å². The minimum atomic E-state index is -0.385. The number of anilines is 1. The summed E-state index contributed by atoms with van der Waals surface area (Å²) in [5, 5.41) is 13.7. The number of rotatable bonds is 7. The first-order chi connectivity index (χ1) is 11.9. The number of unbranched alkanes of at least 4 members (excludes halogenated alkanes) is 1. The van der Waals surface area contributed by atoms with E-state index in [0.717, 1.165) is 30.5 Å². The van der Waals surface area contributed by atoms with Gasteiger partial charge in [0.25, 0.3) is 5.69 Å². The Balaban J connectivity index is 0.00000338. The van der Waals surface area contributed by atoms with Crippen molar-refractivity contribution in [1.82, 2.24) is 0 Å². The van der Waals surface area contributed by atoms with Crippen LogP contribution < -0.4 is 11.1 Å². The van der Waals surface area contributed by atoms with Gasteiger partial charge in [0.2, 0.25) is 0 Å². The Morgan fingerprint density at radius 3 is 2.31 bits per heavy atom. The third-order valence-corrected chi connectivity index (χ3v) is 3.80. The number of nitrogens with two attached hydrogens (primary N) is 1. The van der Waals surface area contributed by atoms with E-state index >= 15 is 0 Å². The summed E-state index contributed by atoms with van der Waals surface area (Å²) in [6, 6.07) is 12.9. The fourth-order valence-corrected chi connectivity index (χ4v) is 2.66. The van der Waals surface area contributed by atoms with Crippen LogP contribution in [0, 0.1) is 24.0 Å². The van der Waals surface area contributed by atoms with Crippen molar-refractivity contribution in [3.63, 3.8) is 0 Å². The number of guanidine groups is 1. The molecule has 7 heteroatoms. The van der Waals surface area contributed by atoms with E-state index in [0.29, 0.717) is 12.5 Å². The van der Waals surface area contributed by atoms with Gasteiger partial charge in [-0.2, -0.15) is 0 Å². The quantitative estimate of drug-likeness (QED) is 0.155. The monoisotopic (exact) mass is 468 g/mol. The maximum absolute atomic E-state index is 10.6. The zero-order chi connectivity index (χ0) is 18.2. The Bertz CT molecular complexity index is 740. The summed E-state index contributed by atoms with van der Waals surface area (Å²) in [5.74, 6) is 0.417. The molecule has 0 aliphatic carbocycles. The number of nitrogens with one attached hydrogen (secondary N) is 1. The minimum absolute atomic E-state index is 0. The molecule has 2 aromatic carbocycles. The Kier molecular flexibility index (Phi) is 9.04. The molecular formula is C19H25IN4O2. The maximum atomic E-state index is 10.6. The molecule has 6 nitrogen and oxygen atoms in total. The van der Waals surface area contributed by atoms with E-state index in [4.69, 9.17) is 5.73 Å². The number of aliphatic imine (C=N–C) groups is 1. The zero-order valence-electron chi connectivity index (χ0n) is 15.1. The third kappa shape index (κ3) is 7.38. The number of halogens is 1. The first-order valence-corrected chi connectivity index (χ1v) is 8.32. The van der Waals surface area contributed by atoms with E-state index in [2.05, 4.69) is 16.4 Å². The molecule has 0 saturated carbocycles. The standard InChI is InChI=1S/C19H24N4O2.HI/c1-14-11-15(2)13-17(12-14)22-19(20)21-10-4-3-5-16-6-8-18(9-7-16)23(24)25;/h6-9,11-13H,3-5,10H2,1-2H3,(H3,20,21,22);1H. The van der Waals surface area contributed by atoms with Crippen LogP contribution >= 0.6 is 24.0 Å². The second-order valence-electron chi connectivity index (χ2n) is 6.15. The third-order valence-electron chi connectivity index (χ3n) is 3.80. The average molecular weight is 468 g/mol. The lowest BCUT2D eigenvalue weighted by molar-refractivity contribution is -0.384. The number of hydrogen-bond acceptors (Lipinski definition) is 3. The van der Waals surface area contributed by atoms with Crippen LogP contribution in [0.5, 0.6) is 0 Å². The van der Waals surface area contributed by atoms with E-state index in [-0.39, 0.29) is 34.6 Å². The fourth-order valence-electron chi connectivity index (χ4n) is 2.66. The van der Waals surface area contributed by atoms with E-state index < -0.39 is 0 Å². The highest BCUT2D eigenvalue weighted by molar-refractivity contribution is 14.0. The van der Waals surface area contributed by atoms with Gasteiger partial charge in [-0.05, 0) is 61.9 Å². The van der Waals surface area contributed by atoms with Gasteiger partial charge in [0.1, 0.15) is 0 Å². The van der Waals surface area contributed by atoms with Gasteiger partial charge in [-0.3, -0.25) is 15.1 Å². The molecule has 0 saturated heterocycles. The molecule has 0 radical (unpaired) electrons. The van der Waals surface area contributed by atoms with Gasteiger partial charge in [-0.1, -0.05) is 18.2 Å². The summed E-state index contributed by atoms with van der Waals surface area (Å²) < 4.78 is 0. The lowest BCUT2D eigenvalue weighted by Gasteiger charge is -2.08. The van der Waals surface area contributed by atoms with Crippen LogP contribution in [0.15, 0.2) is 47.5 Å². The molecule has 2 aromatic rings. The normalized spacial score (nSPS) is 10.9. The van der Waals surface area contributed by atoms with Gasteiger partial charge < -0.3 is 11.1 Å². The van der Waals surface area contributed by atoms with Crippen LogP contribution in [0.1, 0.15) is 29.5 Å². The van der Waals surface area contributed by atoms with Gasteiger partial charge in [-0.25, -0.2) is 0 Å². The molecule has 0 bridgehead atoms. The summed E-state index contributed by atoms with van der Waals surface area (Å²) in [7, 11) is 0. The number of benzene rings is 2. The highest BCUT2D eigenvalue weighted by Crippen LogP contribution is 2.14. The molecule has 140 valence electrons. The van der Waals surface area contributed by atoms with Crippen molar-refractivity contribution in [2.45, 2.75) is 33.1 Å². The Labute approximate surface area is 171 Å². The molecule has 0 unspecified atom stereocenters. The molecule has 3 N–H and O–H groups in total. The van der Waals surface area contributed by atoms with Crippen LogP contribution in [0.2, 0.25) is 0 Å². The lowest BCUT2D eigenvalue weighted by Crippen LogP contribution is -2.23. The second kappa shape index (κ2) is 10.7. The molecule has 2 rings (SSSR count). The zero-order valence-corrected chi connectivity index (χ0v) is 17.4. The molecule has 0 fully saturated rings. The topological polar surface area (TPSA) is 93.5 Å². The second-order valence-corrected chi connectivity index (χ2v) is 6.15. The summed E-state index contributed by atoms with van der Waals surface area (Å²) in [5.41, 5.74) is 10.4. The smallest absolute Gasteiger partial charge is 0.269 e. The van der Waals surface area contributed by atoms with Crippen molar-refractivity contribution in [1.29, 1.82) is 0 Å². The van der Waals surface area contributed by atoms with E-state index in [1.165, 1.54) is 11.1 Å². The first kappa shape index (κ1) is 21.9. The molecule has 0 heterocycles. The number of non-ortho nitro benzene ring substituents is 1. The molecule has 0 amide bonds. The van der Waals surface area contributed by atoms with Gasteiger partial charge in [-0.15, -0.1) is 24.0 Å². The van der Waals surface area contributed by atoms with Gasteiger partial charge in [0, 0.05) is 24.4 Å². The molecule has 0 aromatic heterocycles. The molecule has 0 spiro atoms. The van der Waals surface area contributed by atoms with E-state index in [1.807, 2.05) is 26.0 Å². The summed E-state index contributed by atoms with van der Waals surface area (Å²) in [6.07, 6.45) is 2.74. The predicted octanol–water partition coefficient (Wildman–Crippen LogP) is 4.58. The number of hydrogen-bond donors (Lipinski definition) is 2. The summed E-state index contributed by atoms with van der Waals surface area (Å²) in [4.78, 5) is 14.6. The molecule has 26 heavy (non-hydrogen) atoms. The highest BCUT2D eigenvalue weighted by Gasteiger charge is 2.03. The molecule has 0 aliphatic heterocycles. The summed E-state index contributed by atoms with van der Waals surface area (Å²) >= 11 is 0. The van der Waals surface area contributed by atoms with Crippen LogP contribution in [0.25, 0.3) is 0 Å². The molecular weight excluding hydrogens is 443 g/mol. The Hall–Kier alpha value is -2.16. The number of nitro benzene ring substituents is 1. The highest BCUT2D eigenvalue weighted by atomic mass is 127. The molecule has 0 aliphatic rings. The van der Waals surface area contributed by atoms with Gasteiger partial charge in [0.05, 0.1) is 4.92 Å². The van der Waals surface area contributed by atoms with Crippen LogP contribution in [-0.4, -0.2) is 17.4 Å². The van der Waals surface area contributed by atoms with Gasteiger partial charge in [0.15, 0.2) is 5.96 Å². The predicted molar refractivity (Wildman–Crippen MR) is 117 cm³/mol. The van der Waals surface area contributed by atoms with Crippen molar-refractivity contribution in [3.8, 4) is 0 Å². The largest absolute Gasteiger partial charge is 0.370 e. The van der Waals surface area contributed by atoms with Crippen molar-refractivity contribution in [2.75, 3.05) is 11.9 Å². The van der Waals surface area contributed by atoms with Crippen molar-refractivity contribution in [3.05, 3.63) is 69.3 Å². The number of nitro groups is 1. The van der Waals surface area contributed by atoms with Gasteiger partial charge >= 0.3 is 0 Å². The Morgan fingerprint density at radius 2 is 1.73 bits per heavy atom. The minimum Gasteiger partial charge on any atom is -0.370 e. The number of nitrogens with zero attached hydrogens (tertiary/aromatic N) is 2. The lowest BCUT2D eigenvalue weighted by atomic mass is 10.1. The fraction of sp³-hybridized carbons (Fsp3) is 0.316. The first-order valence-electron chi connectivity index (χ1n) is 8.32. The van der Waals surface area contributed by atoms with E-state index in [1.54, 1.807) is 24.3 Å². The average Bonchev–Trinajstić information content (AvgIpc) is 2.54. The molecule has 0 atom stereocenters. The SMILES string of the molecule is Cc1cc(C)cc(NC(N)=NCCCCc2ccc([N+](=O)[O-])cc2)c1.I. The summed E-state index contributed by atoms with van der Waals surface area (Å²) in [6.45, 7) is 4.74. The van der Waals surface area contributed by atoms with Crippen LogP contribution in [0.3, 0.4) is 0 Å². The number of aryl methyl sites for hydroxylation is 3. The maximum Gasteiger partial charge on any atom is 0.269 e. The van der Waals surface area contributed by atoms with Crippen molar-refractivity contribution >= 4 is 41.3 Å². The van der Waals surface area contributed by atoms with Crippen LogP contribution in [-0.2, 0) is 6.42 Å².